The molecular weight excluding hydrogens is 248 g/mol. The van der Waals surface area contributed by atoms with Gasteiger partial charge in [0.2, 0.25) is 0 Å². The van der Waals surface area contributed by atoms with Gasteiger partial charge in [-0.3, -0.25) is 4.40 Å². The van der Waals surface area contributed by atoms with E-state index in [9.17, 15) is 4.79 Å². The van der Waals surface area contributed by atoms with Gasteiger partial charge in [0.25, 0.3) is 0 Å². The number of aromatic nitrogens is 3. The lowest BCUT2D eigenvalue weighted by molar-refractivity contribution is 0.0600. The normalized spacial score (nSPS) is 18.9. The van der Waals surface area contributed by atoms with Gasteiger partial charge in [0.15, 0.2) is 11.5 Å². The molecule has 0 spiro atoms. The summed E-state index contributed by atoms with van der Waals surface area (Å²) in [7, 11) is 1.33. The van der Waals surface area contributed by atoms with Crippen molar-refractivity contribution in [2.75, 3.05) is 19.5 Å². The van der Waals surface area contributed by atoms with Crippen molar-refractivity contribution in [1.82, 2.24) is 14.6 Å². The maximum absolute atomic E-state index is 11.6. The van der Waals surface area contributed by atoms with Crippen LogP contribution < -0.4 is 5.73 Å². The molecule has 7 nitrogen and oxygen atoms in total. The molecule has 1 saturated heterocycles. The van der Waals surface area contributed by atoms with Crippen LogP contribution in [0.2, 0.25) is 0 Å². The van der Waals surface area contributed by atoms with Crippen LogP contribution in [-0.2, 0) is 9.47 Å². The summed E-state index contributed by atoms with van der Waals surface area (Å²) >= 11 is 0. The third-order valence-electron chi connectivity index (χ3n) is 3.20. The first kappa shape index (κ1) is 11.9. The highest BCUT2D eigenvalue weighted by molar-refractivity contribution is 5.91. The molecule has 0 aromatic carbocycles. The molecule has 3 heterocycles. The molecule has 2 aromatic heterocycles. The smallest absolute Gasteiger partial charge is 0.339 e. The summed E-state index contributed by atoms with van der Waals surface area (Å²) in [5.74, 6) is 0.227. The van der Waals surface area contributed by atoms with Crippen LogP contribution in [0.15, 0.2) is 12.3 Å². The molecule has 0 amide bonds. The van der Waals surface area contributed by atoms with Gasteiger partial charge in [0, 0.05) is 12.8 Å². The molecule has 1 atom stereocenters. The van der Waals surface area contributed by atoms with E-state index in [0.717, 1.165) is 12.8 Å². The third-order valence-corrected chi connectivity index (χ3v) is 3.20. The molecule has 2 N–H and O–H groups in total. The highest BCUT2D eigenvalue weighted by Gasteiger charge is 2.24. The van der Waals surface area contributed by atoms with E-state index in [2.05, 4.69) is 10.2 Å². The lowest BCUT2D eigenvalue weighted by atomic mass is 10.2. The second kappa shape index (κ2) is 4.51. The number of carbonyl (C=O) groups is 1. The lowest BCUT2D eigenvalue weighted by Gasteiger charge is -2.08. The van der Waals surface area contributed by atoms with Crippen molar-refractivity contribution in [3.8, 4) is 0 Å². The minimum Gasteiger partial charge on any atom is -0.465 e. The molecule has 19 heavy (non-hydrogen) atoms. The number of ether oxygens (including phenoxy) is 2. The minimum absolute atomic E-state index is 0.0951. The maximum atomic E-state index is 11.6. The van der Waals surface area contributed by atoms with Crippen molar-refractivity contribution >= 4 is 17.3 Å². The first-order valence-electron chi connectivity index (χ1n) is 6.05. The minimum atomic E-state index is -0.444. The fourth-order valence-corrected chi connectivity index (χ4v) is 2.27. The average molecular weight is 262 g/mol. The standard InChI is InChI=1S/C12H14N4O3/c1-18-12(17)7-5-8(13)10-14-15-11(16(10)6-7)9-3-2-4-19-9/h5-6,9H,2-4,13H2,1H3. The Balaban J connectivity index is 2.14. The molecule has 0 saturated carbocycles. The molecule has 3 rings (SSSR count). The predicted octanol–water partition coefficient (Wildman–Crippen LogP) is 0.950. The molecular formula is C12H14N4O3. The molecule has 100 valence electrons. The van der Waals surface area contributed by atoms with Gasteiger partial charge >= 0.3 is 5.97 Å². The molecule has 7 heteroatoms. The zero-order valence-corrected chi connectivity index (χ0v) is 10.5. The number of methoxy groups -OCH3 is 1. The zero-order chi connectivity index (χ0) is 13.4. The van der Waals surface area contributed by atoms with E-state index in [-0.39, 0.29) is 6.10 Å². The fraction of sp³-hybridized carbons (Fsp3) is 0.417. The van der Waals surface area contributed by atoms with Crippen LogP contribution in [0, 0.1) is 0 Å². The summed E-state index contributed by atoms with van der Waals surface area (Å²) in [6, 6.07) is 1.54. The number of rotatable bonds is 2. The molecule has 1 fully saturated rings. The first-order valence-corrected chi connectivity index (χ1v) is 6.05. The number of carbonyl (C=O) groups excluding carboxylic acids is 1. The number of hydrogen-bond donors (Lipinski definition) is 1. The van der Waals surface area contributed by atoms with E-state index in [0.29, 0.717) is 29.3 Å². The summed E-state index contributed by atoms with van der Waals surface area (Å²) in [6.07, 6.45) is 3.42. The lowest BCUT2D eigenvalue weighted by Crippen LogP contribution is -2.08. The van der Waals surface area contributed by atoms with Crippen molar-refractivity contribution < 1.29 is 14.3 Å². The van der Waals surface area contributed by atoms with Crippen molar-refractivity contribution in [3.05, 3.63) is 23.7 Å². The second-order valence-electron chi connectivity index (χ2n) is 4.43. The molecule has 1 unspecified atom stereocenters. The van der Waals surface area contributed by atoms with E-state index < -0.39 is 5.97 Å². The third kappa shape index (κ3) is 1.91. The molecule has 1 aliphatic heterocycles. The Labute approximate surface area is 109 Å². The van der Waals surface area contributed by atoms with E-state index in [1.807, 2.05) is 0 Å². The van der Waals surface area contributed by atoms with Gasteiger partial charge in [-0.25, -0.2) is 4.79 Å². The molecule has 1 aliphatic rings. The Morgan fingerprint density at radius 3 is 3.11 bits per heavy atom. The average Bonchev–Trinajstić information content (AvgIpc) is 3.05. The Morgan fingerprint density at radius 2 is 2.42 bits per heavy atom. The van der Waals surface area contributed by atoms with E-state index in [1.54, 1.807) is 10.6 Å². The van der Waals surface area contributed by atoms with Crippen molar-refractivity contribution in [2.24, 2.45) is 0 Å². The van der Waals surface area contributed by atoms with Gasteiger partial charge in [-0.15, -0.1) is 10.2 Å². The Bertz CT molecular complexity index is 631. The van der Waals surface area contributed by atoms with E-state index in [1.165, 1.54) is 13.2 Å². The van der Waals surface area contributed by atoms with Crippen molar-refractivity contribution in [1.29, 1.82) is 0 Å². The topological polar surface area (TPSA) is 91.7 Å². The maximum Gasteiger partial charge on any atom is 0.339 e. The van der Waals surface area contributed by atoms with Gasteiger partial charge in [0.1, 0.15) is 6.10 Å². The number of anilines is 1. The number of nitrogens with zero attached hydrogens (tertiary/aromatic N) is 3. The van der Waals surface area contributed by atoms with Crippen LogP contribution in [0.5, 0.6) is 0 Å². The quantitative estimate of drug-likeness (QED) is 0.810. The number of esters is 1. The largest absolute Gasteiger partial charge is 0.465 e. The second-order valence-corrected chi connectivity index (χ2v) is 4.43. The SMILES string of the molecule is COC(=O)c1cc(N)c2nnc(C3CCCO3)n2c1. The van der Waals surface area contributed by atoms with Crippen LogP contribution in [0.3, 0.4) is 0 Å². The van der Waals surface area contributed by atoms with Crippen LogP contribution in [0.25, 0.3) is 5.65 Å². The first-order chi connectivity index (χ1) is 9.20. The Morgan fingerprint density at radius 1 is 1.58 bits per heavy atom. The summed E-state index contributed by atoms with van der Waals surface area (Å²) < 4.78 is 12.0. The fourth-order valence-electron chi connectivity index (χ4n) is 2.27. The number of nitrogens with two attached hydrogens (primary N) is 1. The summed E-state index contributed by atoms with van der Waals surface area (Å²) in [5, 5.41) is 8.17. The number of nitrogen functional groups attached to an aromatic ring is 1. The van der Waals surface area contributed by atoms with Crippen LogP contribution in [0.4, 0.5) is 5.69 Å². The van der Waals surface area contributed by atoms with Gasteiger partial charge in [0.05, 0.1) is 18.4 Å². The van der Waals surface area contributed by atoms with Crippen molar-refractivity contribution in [2.45, 2.75) is 18.9 Å². The molecule has 0 radical (unpaired) electrons. The summed E-state index contributed by atoms with van der Waals surface area (Å²) in [5.41, 5.74) is 7.17. The van der Waals surface area contributed by atoms with Crippen LogP contribution >= 0.6 is 0 Å². The zero-order valence-electron chi connectivity index (χ0n) is 10.5. The van der Waals surface area contributed by atoms with Crippen molar-refractivity contribution in [3.63, 3.8) is 0 Å². The Kier molecular flexibility index (Phi) is 2.83. The number of fused-ring (bicyclic) bond motifs is 1. The van der Waals surface area contributed by atoms with Crippen LogP contribution in [0.1, 0.15) is 35.1 Å². The van der Waals surface area contributed by atoms with E-state index in [4.69, 9.17) is 15.2 Å². The summed E-state index contributed by atoms with van der Waals surface area (Å²) in [4.78, 5) is 11.6. The molecule has 2 aromatic rings. The molecule has 0 aliphatic carbocycles. The summed E-state index contributed by atoms with van der Waals surface area (Å²) in [6.45, 7) is 0.714. The van der Waals surface area contributed by atoms with Gasteiger partial charge in [-0.2, -0.15) is 0 Å². The monoisotopic (exact) mass is 262 g/mol. The number of pyridine rings is 1. The van der Waals surface area contributed by atoms with E-state index >= 15 is 0 Å². The van der Waals surface area contributed by atoms with Gasteiger partial charge < -0.3 is 15.2 Å². The number of hydrogen-bond acceptors (Lipinski definition) is 6. The predicted molar refractivity (Wildman–Crippen MR) is 66.7 cm³/mol. The van der Waals surface area contributed by atoms with Crippen LogP contribution in [-0.4, -0.2) is 34.3 Å². The van der Waals surface area contributed by atoms with Gasteiger partial charge in [-0.1, -0.05) is 0 Å². The Hall–Kier alpha value is -2.15. The highest BCUT2D eigenvalue weighted by Crippen LogP contribution is 2.28. The van der Waals surface area contributed by atoms with Gasteiger partial charge in [-0.05, 0) is 18.9 Å². The highest BCUT2D eigenvalue weighted by atomic mass is 16.5. The molecule has 0 bridgehead atoms.